The van der Waals surface area contributed by atoms with Gasteiger partial charge in [0.05, 0.1) is 0 Å². The van der Waals surface area contributed by atoms with E-state index in [2.05, 4.69) is 0 Å². The van der Waals surface area contributed by atoms with Crippen LogP contribution in [0, 0.1) is 11.6 Å². The van der Waals surface area contributed by atoms with Gasteiger partial charge in [0.1, 0.15) is 17.0 Å². The minimum Gasteiger partial charge on any atom is -0.505 e. The van der Waals surface area contributed by atoms with Gasteiger partial charge in [-0.25, -0.2) is 23.3 Å². The number of benzene rings is 1. The number of carbonyl (C=O) groups excluding carboxylic acids is 2. The lowest BCUT2D eigenvalue weighted by Gasteiger charge is -2.28. The monoisotopic (exact) mass is 373 g/mol. The maximum atomic E-state index is 13.8. The predicted octanol–water partition coefficient (Wildman–Crippen LogP) is 4.39. The summed E-state index contributed by atoms with van der Waals surface area (Å²) in [6.07, 6.45) is -2.05. The van der Waals surface area contributed by atoms with E-state index < -0.39 is 40.8 Å². The Hall–Kier alpha value is -2.38. The largest absolute Gasteiger partial charge is 0.505 e. The Labute approximate surface area is 151 Å². The van der Waals surface area contributed by atoms with Crippen LogP contribution in [0.15, 0.2) is 12.1 Å². The van der Waals surface area contributed by atoms with Crippen molar-refractivity contribution in [3.8, 4) is 5.75 Å². The van der Waals surface area contributed by atoms with Gasteiger partial charge in [0.2, 0.25) is 0 Å². The fraction of sp³-hybridized carbons (Fsp3) is 0.556. The van der Waals surface area contributed by atoms with Crippen LogP contribution < -0.4 is 0 Å². The molecule has 0 atom stereocenters. The van der Waals surface area contributed by atoms with E-state index in [1.807, 2.05) is 0 Å². The average Bonchev–Trinajstić information content (AvgIpc) is 2.40. The highest BCUT2D eigenvalue weighted by atomic mass is 19.1. The third kappa shape index (κ3) is 6.85. The van der Waals surface area contributed by atoms with E-state index in [-0.39, 0.29) is 18.5 Å². The van der Waals surface area contributed by atoms with Gasteiger partial charge in [-0.15, -0.1) is 0 Å². The molecule has 1 N–H and O–H groups in total. The number of halogens is 2. The highest BCUT2D eigenvalue weighted by molar-refractivity contribution is 5.88. The summed E-state index contributed by atoms with van der Waals surface area (Å²) in [6, 6.07) is 1.45. The van der Waals surface area contributed by atoms with Crippen LogP contribution in [0.1, 0.15) is 47.1 Å². The molecular weight excluding hydrogens is 348 g/mol. The molecule has 1 aromatic carbocycles. The van der Waals surface area contributed by atoms with Crippen molar-refractivity contribution in [1.29, 1.82) is 0 Å². The summed E-state index contributed by atoms with van der Waals surface area (Å²) in [5.74, 6) is -2.71. The highest BCUT2D eigenvalue weighted by Gasteiger charge is 2.31. The summed E-state index contributed by atoms with van der Waals surface area (Å²) in [5, 5.41) is 9.38. The van der Waals surface area contributed by atoms with Crippen LogP contribution in [0.25, 0.3) is 0 Å². The lowest BCUT2D eigenvalue weighted by Crippen LogP contribution is -2.44. The molecule has 8 heteroatoms. The van der Waals surface area contributed by atoms with Crippen molar-refractivity contribution in [2.24, 2.45) is 0 Å². The molecule has 0 aliphatic rings. The number of aromatic hydroxyl groups is 1. The zero-order chi connectivity index (χ0) is 20.3. The standard InChI is InChI=1S/C18H25F2NO5/c1-17(2,3)25-15(23)21(16(24)26-18(4,5)6)8-7-11-9-14(22)13(20)10-12(11)19/h9-10,22H,7-8H2,1-6H3. The zero-order valence-electron chi connectivity index (χ0n) is 15.9. The number of phenolic OH excluding ortho intramolecular Hbond substituents is 1. The molecule has 0 saturated heterocycles. The molecule has 1 rings (SSSR count). The quantitative estimate of drug-likeness (QED) is 0.851. The van der Waals surface area contributed by atoms with Crippen molar-refractivity contribution in [3.05, 3.63) is 29.3 Å². The number of imide groups is 1. The minimum absolute atomic E-state index is 0.0546. The van der Waals surface area contributed by atoms with Crippen LogP contribution in [0.4, 0.5) is 18.4 Å². The molecule has 0 unspecified atom stereocenters. The lowest BCUT2D eigenvalue weighted by molar-refractivity contribution is 0.00166. The Morgan fingerprint density at radius 2 is 1.42 bits per heavy atom. The molecule has 0 heterocycles. The van der Waals surface area contributed by atoms with E-state index in [1.54, 1.807) is 41.5 Å². The number of amides is 2. The van der Waals surface area contributed by atoms with Crippen LogP contribution in [0.2, 0.25) is 0 Å². The number of nitrogens with zero attached hydrogens (tertiary/aromatic N) is 1. The van der Waals surface area contributed by atoms with Gasteiger partial charge in [0.15, 0.2) is 11.6 Å². The zero-order valence-corrected chi connectivity index (χ0v) is 15.9. The van der Waals surface area contributed by atoms with E-state index in [0.29, 0.717) is 11.0 Å². The van der Waals surface area contributed by atoms with Crippen molar-refractivity contribution < 1.29 is 33.0 Å². The van der Waals surface area contributed by atoms with Crippen molar-refractivity contribution in [2.75, 3.05) is 6.54 Å². The minimum atomic E-state index is -1.10. The maximum Gasteiger partial charge on any atom is 0.419 e. The first-order valence-electron chi connectivity index (χ1n) is 8.10. The fourth-order valence-electron chi connectivity index (χ4n) is 1.90. The number of carbonyl (C=O) groups is 2. The summed E-state index contributed by atoms with van der Waals surface area (Å²) in [5.41, 5.74) is -1.76. The summed E-state index contributed by atoms with van der Waals surface area (Å²) >= 11 is 0. The number of ether oxygens (including phenoxy) is 2. The second-order valence-electron chi connectivity index (χ2n) is 7.76. The molecule has 6 nitrogen and oxygen atoms in total. The molecule has 0 aliphatic carbocycles. The predicted molar refractivity (Wildman–Crippen MR) is 90.9 cm³/mol. The van der Waals surface area contributed by atoms with Gasteiger partial charge < -0.3 is 14.6 Å². The normalized spacial score (nSPS) is 11.8. The number of rotatable bonds is 3. The van der Waals surface area contributed by atoms with E-state index >= 15 is 0 Å². The molecule has 0 spiro atoms. The molecule has 0 fully saturated rings. The third-order valence-electron chi connectivity index (χ3n) is 2.95. The Kier molecular flexibility index (Phi) is 6.57. The van der Waals surface area contributed by atoms with Crippen molar-refractivity contribution in [3.63, 3.8) is 0 Å². The Balaban J connectivity index is 3.00. The van der Waals surface area contributed by atoms with Gasteiger partial charge in [0.25, 0.3) is 0 Å². The van der Waals surface area contributed by atoms with Crippen molar-refractivity contribution >= 4 is 12.2 Å². The van der Waals surface area contributed by atoms with Gasteiger partial charge in [0, 0.05) is 12.6 Å². The van der Waals surface area contributed by atoms with Gasteiger partial charge >= 0.3 is 12.2 Å². The van der Waals surface area contributed by atoms with E-state index in [4.69, 9.17) is 9.47 Å². The molecule has 1 aromatic rings. The second kappa shape index (κ2) is 7.88. The molecule has 0 radical (unpaired) electrons. The van der Waals surface area contributed by atoms with E-state index in [1.165, 1.54) is 0 Å². The topological polar surface area (TPSA) is 76.1 Å². The Morgan fingerprint density at radius 3 is 1.85 bits per heavy atom. The molecule has 0 aromatic heterocycles. The van der Waals surface area contributed by atoms with Crippen molar-refractivity contribution in [2.45, 2.75) is 59.2 Å². The molecule has 26 heavy (non-hydrogen) atoms. The maximum absolute atomic E-state index is 13.8. The molecule has 146 valence electrons. The molecule has 2 amide bonds. The first kappa shape index (κ1) is 21.7. The smallest absolute Gasteiger partial charge is 0.419 e. The average molecular weight is 373 g/mol. The van der Waals surface area contributed by atoms with Crippen LogP contribution in [0.3, 0.4) is 0 Å². The first-order chi connectivity index (χ1) is 11.7. The number of phenols is 1. The summed E-state index contributed by atoms with van der Waals surface area (Å²) in [6.45, 7) is 9.54. The molecular formula is C18H25F2NO5. The molecule has 0 bridgehead atoms. The number of hydrogen-bond acceptors (Lipinski definition) is 5. The third-order valence-corrected chi connectivity index (χ3v) is 2.95. The van der Waals surface area contributed by atoms with E-state index in [0.717, 1.165) is 6.07 Å². The summed E-state index contributed by atoms with van der Waals surface area (Å²) < 4.78 is 37.3. The van der Waals surface area contributed by atoms with Crippen LogP contribution in [-0.2, 0) is 15.9 Å². The molecule has 0 saturated carbocycles. The van der Waals surface area contributed by atoms with Gasteiger partial charge in [-0.3, -0.25) is 0 Å². The van der Waals surface area contributed by atoms with Crippen LogP contribution in [0.5, 0.6) is 5.75 Å². The highest BCUT2D eigenvalue weighted by Crippen LogP contribution is 2.21. The SMILES string of the molecule is CC(C)(C)OC(=O)N(CCc1cc(O)c(F)cc1F)C(=O)OC(C)(C)C. The summed E-state index contributed by atoms with van der Waals surface area (Å²) in [7, 11) is 0. The van der Waals surface area contributed by atoms with Gasteiger partial charge in [-0.1, -0.05) is 0 Å². The summed E-state index contributed by atoms with van der Waals surface area (Å²) in [4.78, 5) is 25.3. The van der Waals surface area contributed by atoms with Crippen LogP contribution in [-0.4, -0.2) is 39.9 Å². The first-order valence-corrected chi connectivity index (χ1v) is 8.10. The Morgan fingerprint density at radius 1 is 0.962 bits per heavy atom. The lowest BCUT2D eigenvalue weighted by atomic mass is 10.1. The van der Waals surface area contributed by atoms with E-state index in [9.17, 15) is 23.5 Å². The fourth-order valence-corrected chi connectivity index (χ4v) is 1.90. The number of hydrogen-bond donors (Lipinski definition) is 1. The van der Waals surface area contributed by atoms with Gasteiger partial charge in [-0.2, -0.15) is 0 Å². The van der Waals surface area contributed by atoms with Gasteiger partial charge in [-0.05, 0) is 59.6 Å². The second-order valence-corrected chi connectivity index (χ2v) is 7.76. The molecule has 0 aliphatic heterocycles. The Bertz CT molecular complexity index is 649. The van der Waals surface area contributed by atoms with Crippen molar-refractivity contribution in [1.82, 2.24) is 4.90 Å². The van der Waals surface area contributed by atoms with Crippen LogP contribution >= 0.6 is 0 Å².